The first-order valence-corrected chi connectivity index (χ1v) is 6.17. The van der Waals surface area contributed by atoms with Gasteiger partial charge in [0.25, 0.3) is 0 Å². The van der Waals surface area contributed by atoms with E-state index in [4.69, 9.17) is 4.74 Å². The molecule has 1 aliphatic heterocycles. The first-order valence-electron chi connectivity index (χ1n) is 5.66. The highest BCUT2D eigenvalue weighted by molar-refractivity contribution is 7.81. The van der Waals surface area contributed by atoms with Gasteiger partial charge in [-0.2, -0.15) is 12.6 Å². The molecule has 0 aromatic rings. The number of quaternary nitrogens is 1. The van der Waals surface area contributed by atoms with Crippen molar-refractivity contribution < 1.29 is 14.8 Å². The number of esters is 1. The van der Waals surface area contributed by atoms with E-state index in [1.807, 2.05) is 13.8 Å². The van der Waals surface area contributed by atoms with Crippen LogP contribution in [0.5, 0.6) is 0 Å². The zero-order valence-corrected chi connectivity index (χ0v) is 10.7. The Balaban J connectivity index is 2.52. The summed E-state index contributed by atoms with van der Waals surface area (Å²) in [5.74, 6) is 0.274. The third-order valence-corrected chi connectivity index (χ3v) is 3.34. The molecule has 0 spiro atoms. The van der Waals surface area contributed by atoms with Gasteiger partial charge in [0.2, 0.25) is 0 Å². The second-order valence-corrected chi connectivity index (χ2v) is 5.62. The van der Waals surface area contributed by atoms with E-state index in [9.17, 15) is 4.79 Å². The third-order valence-electron chi connectivity index (χ3n) is 3.13. The number of thiol groups is 1. The molecule has 1 saturated heterocycles. The summed E-state index contributed by atoms with van der Waals surface area (Å²) in [6.07, 6.45) is 2.25. The Labute approximate surface area is 97.4 Å². The maximum Gasteiger partial charge on any atom is 0.319 e. The smallest absolute Gasteiger partial charge is 0.319 e. The Morgan fingerprint density at radius 1 is 1.47 bits per heavy atom. The fourth-order valence-electron chi connectivity index (χ4n) is 2.05. The molecule has 88 valence electrons. The number of piperidine rings is 1. The Hall–Kier alpha value is -0.220. The molecule has 1 aliphatic rings. The van der Waals surface area contributed by atoms with Crippen molar-refractivity contribution in [1.82, 2.24) is 0 Å². The monoisotopic (exact) mass is 232 g/mol. The lowest BCUT2D eigenvalue weighted by Crippen LogP contribution is -2.86. The summed E-state index contributed by atoms with van der Waals surface area (Å²) < 4.78 is 5.51. The van der Waals surface area contributed by atoms with Gasteiger partial charge in [-0.1, -0.05) is 0 Å². The predicted molar refractivity (Wildman–Crippen MR) is 63.0 cm³/mol. The minimum absolute atomic E-state index is 0.210. The molecule has 4 heteroatoms. The molecule has 15 heavy (non-hydrogen) atoms. The summed E-state index contributed by atoms with van der Waals surface area (Å²) in [5.41, 5.74) is -0.345. The molecule has 0 aromatic heterocycles. The number of carbonyl (C=O) groups excluding carboxylic acids is 1. The lowest BCUT2D eigenvalue weighted by molar-refractivity contribution is -0.665. The fraction of sp³-hybridized carbons (Fsp3) is 0.909. The molecule has 0 bridgehead atoms. The zero-order chi connectivity index (χ0) is 11.5. The normalized spacial score (nSPS) is 21.1. The van der Waals surface area contributed by atoms with Gasteiger partial charge in [-0.3, -0.25) is 4.79 Å². The maximum atomic E-state index is 11.5. The highest BCUT2D eigenvalue weighted by atomic mass is 32.1. The molecule has 1 rings (SSSR count). The van der Waals surface area contributed by atoms with Gasteiger partial charge in [0.1, 0.15) is 5.60 Å². The third kappa shape index (κ3) is 3.68. The Morgan fingerprint density at radius 3 is 2.47 bits per heavy atom. The van der Waals surface area contributed by atoms with Crippen molar-refractivity contribution in [3.8, 4) is 0 Å². The van der Waals surface area contributed by atoms with E-state index in [1.165, 1.54) is 0 Å². The van der Waals surface area contributed by atoms with E-state index in [0.29, 0.717) is 5.92 Å². The minimum Gasteiger partial charge on any atom is -0.459 e. The van der Waals surface area contributed by atoms with Crippen LogP contribution in [-0.2, 0) is 9.53 Å². The van der Waals surface area contributed by atoms with Crippen LogP contribution in [0.15, 0.2) is 0 Å². The summed E-state index contributed by atoms with van der Waals surface area (Å²) in [6, 6.07) is 0. The number of carbonyl (C=O) groups is 1. The second kappa shape index (κ2) is 5.21. The van der Waals surface area contributed by atoms with Crippen LogP contribution in [0.1, 0.15) is 33.6 Å². The molecule has 0 saturated carbocycles. The van der Waals surface area contributed by atoms with Crippen molar-refractivity contribution >= 4 is 18.6 Å². The van der Waals surface area contributed by atoms with Gasteiger partial charge < -0.3 is 10.1 Å². The summed E-state index contributed by atoms with van der Waals surface area (Å²) in [6.45, 7) is 8.05. The minimum atomic E-state index is -0.345. The molecule has 1 heterocycles. The van der Waals surface area contributed by atoms with Crippen LogP contribution in [0.4, 0.5) is 0 Å². The topological polar surface area (TPSA) is 42.9 Å². The van der Waals surface area contributed by atoms with E-state index in [2.05, 4.69) is 17.9 Å². The average molecular weight is 232 g/mol. The van der Waals surface area contributed by atoms with E-state index in [0.717, 1.165) is 25.9 Å². The number of ether oxygens (including phenoxy) is 1. The lowest BCUT2D eigenvalue weighted by atomic mass is 9.83. The van der Waals surface area contributed by atoms with Crippen molar-refractivity contribution in [2.45, 2.75) is 44.5 Å². The zero-order valence-electron chi connectivity index (χ0n) is 9.82. The molecule has 0 amide bonds. The van der Waals surface area contributed by atoms with Gasteiger partial charge in [-0.15, -0.1) is 0 Å². The van der Waals surface area contributed by atoms with Crippen LogP contribution in [0.25, 0.3) is 0 Å². The van der Waals surface area contributed by atoms with Crippen molar-refractivity contribution in [1.29, 1.82) is 0 Å². The molecular weight excluding hydrogens is 210 g/mol. The number of hydrogen-bond donors (Lipinski definition) is 2. The Morgan fingerprint density at radius 2 is 2.00 bits per heavy atom. The van der Waals surface area contributed by atoms with Crippen LogP contribution in [0.2, 0.25) is 0 Å². The van der Waals surface area contributed by atoms with Gasteiger partial charge in [-0.25, -0.2) is 0 Å². The molecule has 1 unspecified atom stereocenters. The van der Waals surface area contributed by atoms with Gasteiger partial charge in [-0.05, 0) is 20.8 Å². The van der Waals surface area contributed by atoms with Crippen LogP contribution in [0, 0.1) is 5.92 Å². The maximum absolute atomic E-state index is 11.5. The Kier molecular flexibility index (Phi) is 4.46. The fourth-order valence-corrected chi connectivity index (χ4v) is 2.10. The predicted octanol–water partition coefficient (Wildman–Crippen LogP) is 0.600. The molecular formula is C11H22NO2S+. The summed E-state index contributed by atoms with van der Waals surface area (Å²) in [4.78, 5) is 11.5. The SMILES string of the molecule is CC(S)C(=O)OC(C)(C)C1CC[NH2+]CC1. The summed E-state index contributed by atoms with van der Waals surface area (Å²) >= 11 is 4.09. The van der Waals surface area contributed by atoms with E-state index in [1.54, 1.807) is 6.92 Å². The van der Waals surface area contributed by atoms with Crippen LogP contribution in [-0.4, -0.2) is 29.9 Å². The van der Waals surface area contributed by atoms with Gasteiger partial charge in [0.15, 0.2) is 0 Å². The number of hydrogen-bond acceptors (Lipinski definition) is 3. The van der Waals surface area contributed by atoms with Crippen molar-refractivity contribution in [2.75, 3.05) is 13.1 Å². The summed E-state index contributed by atoms with van der Waals surface area (Å²) in [5, 5.41) is 1.98. The first-order chi connectivity index (χ1) is 6.93. The van der Waals surface area contributed by atoms with Gasteiger partial charge in [0.05, 0.1) is 18.3 Å². The molecule has 0 aromatic carbocycles. The second-order valence-electron chi connectivity index (χ2n) is 4.84. The summed E-state index contributed by atoms with van der Waals surface area (Å²) in [7, 11) is 0. The van der Waals surface area contributed by atoms with E-state index in [-0.39, 0.29) is 16.8 Å². The van der Waals surface area contributed by atoms with Crippen molar-refractivity contribution in [2.24, 2.45) is 5.92 Å². The average Bonchev–Trinajstić information content (AvgIpc) is 2.18. The molecule has 0 radical (unpaired) electrons. The molecule has 0 aliphatic carbocycles. The first kappa shape index (κ1) is 12.8. The molecule has 1 fully saturated rings. The van der Waals surface area contributed by atoms with Crippen LogP contribution >= 0.6 is 12.6 Å². The van der Waals surface area contributed by atoms with E-state index >= 15 is 0 Å². The standard InChI is InChI=1S/C11H21NO2S/c1-8(15)10(13)14-11(2,3)9-4-6-12-7-5-9/h8-9,12,15H,4-7H2,1-3H3/p+1. The largest absolute Gasteiger partial charge is 0.459 e. The number of rotatable bonds is 3. The highest BCUT2D eigenvalue weighted by Crippen LogP contribution is 2.28. The molecule has 2 N–H and O–H groups in total. The van der Waals surface area contributed by atoms with Gasteiger partial charge in [0, 0.05) is 18.8 Å². The van der Waals surface area contributed by atoms with Crippen LogP contribution < -0.4 is 5.32 Å². The number of nitrogens with two attached hydrogens (primary N) is 1. The van der Waals surface area contributed by atoms with Crippen molar-refractivity contribution in [3.63, 3.8) is 0 Å². The van der Waals surface area contributed by atoms with E-state index < -0.39 is 0 Å². The quantitative estimate of drug-likeness (QED) is 0.553. The Bertz CT molecular complexity index is 223. The van der Waals surface area contributed by atoms with Crippen LogP contribution in [0.3, 0.4) is 0 Å². The molecule has 1 atom stereocenters. The van der Waals surface area contributed by atoms with Crippen molar-refractivity contribution in [3.05, 3.63) is 0 Å². The van der Waals surface area contributed by atoms with Gasteiger partial charge >= 0.3 is 5.97 Å². The highest BCUT2D eigenvalue weighted by Gasteiger charge is 2.35. The molecule has 3 nitrogen and oxygen atoms in total. The lowest BCUT2D eigenvalue weighted by Gasteiger charge is -2.35.